The molecule has 0 radical (unpaired) electrons. The molecule has 1 unspecified atom stereocenters. The molecular formula is C16H17ClN2O3. The minimum atomic E-state index is -0.635. The molecule has 4 N–H and O–H groups in total. The highest BCUT2D eigenvalue weighted by Gasteiger charge is 2.07. The number of nitrogens with one attached hydrogen (secondary N) is 1. The van der Waals surface area contributed by atoms with E-state index < -0.39 is 12.0 Å². The van der Waals surface area contributed by atoms with E-state index in [2.05, 4.69) is 5.32 Å². The van der Waals surface area contributed by atoms with Crippen molar-refractivity contribution in [2.75, 3.05) is 17.7 Å². The van der Waals surface area contributed by atoms with Gasteiger partial charge in [0.25, 0.3) is 0 Å². The van der Waals surface area contributed by atoms with Crippen molar-refractivity contribution in [1.29, 1.82) is 0 Å². The van der Waals surface area contributed by atoms with Gasteiger partial charge in [-0.05, 0) is 36.4 Å². The fraction of sp³-hybridized carbons (Fsp3) is 0.188. The fourth-order valence-electron chi connectivity index (χ4n) is 1.80. The van der Waals surface area contributed by atoms with Gasteiger partial charge in [0.1, 0.15) is 5.75 Å². The summed E-state index contributed by atoms with van der Waals surface area (Å²) >= 11 is 5.57. The average molecular weight is 321 g/mol. The molecule has 0 aromatic heterocycles. The number of rotatable bonds is 7. The van der Waals surface area contributed by atoms with E-state index in [4.69, 9.17) is 22.1 Å². The second kappa shape index (κ2) is 7.68. The van der Waals surface area contributed by atoms with E-state index in [9.17, 15) is 9.90 Å². The van der Waals surface area contributed by atoms with E-state index >= 15 is 0 Å². The number of primary amides is 1. The molecule has 1 amide bonds. The second-order valence-electron chi connectivity index (χ2n) is 4.68. The molecule has 2 aromatic carbocycles. The van der Waals surface area contributed by atoms with E-state index in [1.807, 2.05) is 18.2 Å². The van der Waals surface area contributed by atoms with E-state index in [-0.39, 0.29) is 5.88 Å². The largest absolute Gasteiger partial charge is 0.455 e. The molecule has 5 nitrogen and oxygen atoms in total. The van der Waals surface area contributed by atoms with Crippen LogP contribution in [0.3, 0.4) is 0 Å². The number of anilines is 1. The zero-order valence-electron chi connectivity index (χ0n) is 11.8. The van der Waals surface area contributed by atoms with E-state index in [1.165, 1.54) is 0 Å². The average Bonchev–Trinajstić information content (AvgIpc) is 2.54. The second-order valence-corrected chi connectivity index (χ2v) is 4.98. The number of nitrogens with two attached hydrogens (primary N) is 1. The Bertz CT molecular complexity index is 632. The summed E-state index contributed by atoms with van der Waals surface area (Å²) in [5, 5.41) is 12.6. The Hall–Kier alpha value is -2.24. The lowest BCUT2D eigenvalue weighted by molar-refractivity contribution is 0.100. The predicted molar refractivity (Wildman–Crippen MR) is 86.7 cm³/mol. The number of aliphatic hydroxyl groups is 1. The minimum absolute atomic E-state index is 0.157. The summed E-state index contributed by atoms with van der Waals surface area (Å²) in [5.74, 6) is 0.863. The van der Waals surface area contributed by atoms with Crippen molar-refractivity contribution in [3.05, 3.63) is 54.1 Å². The Morgan fingerprint density at radius 3 is 2.55 bits per heavy atom. The van der Waals surface area contributed by atoms with Gasteiger partial charge in [0, 0.05) is 12.1 Å². The third-order valence-corrected chi connectivity index (χ3v) is 3.32. The number of halogens is 1. The molecule has 0 saturated heterocycles. The van der Waals surface area contributed by atoms with E-state index in [0.29, 0.717) is 23.6 Å². The Labute approximate surface area is 133 Å². The Balaban J connectivity index is 2.10. The van der Waals surface area contributed by atoms with Crippen LogP contribution in [0.2, 0.25) is 0 Å². The van der Waals surface area contributed by atoms with Crippen LogP contribution in [0.4, 0.5) is 5.69 Å². The van der Waals surface area contributed by atoms with Gasteiger partial charge in [-0.2, -0.15) is 0 Å². The normalized spacial score (nSPS) is 11.7. The van der Waals surface area contributed by atoms with Crippen LogP contribution in [0.25, 0.3) is 0 Å². The summed E-state index contributed by atoms with van der Waals surface area (Å²) in [7, 11) is 0. The number of hydrogen-bond acceptors (Lipinski definition) is 4. The summed E-state index contributed by atoms with van der Waals surface area (Å²) in [6, 6.07) is 13.9. The Kier molecular flexibility index (Phi) is 5.63. The molecule has 116 valence electrons. The van der Waals surface area contributed by atoms with Gasteiger partial charge in [0.15, 0.2) is 5.75 Å². The summed E-state index contributed by atoms with van der Waals surface area (Å²) in [5.41, 5.74) is 6.36. The van der Waals surface area contributed by atoms with Crippen LogP contribution in [0.1, 0.15) is 10.4 Å². The third kappa shape index (κ3) is 4.38. The molecule has 2 aromatic rings. The van der Waals surface area contributed by atoms with Crippen LogP contribution in [0.5, 0.6) is 11.5 Å². The molecule has 0 aliphatic carbocycles. The van der Waals surface area contributed by atoms with Gasteiger partial charge < -0.3 is 20.9 Å². The molecule has 6 heteroatoms. The van der Waals surface area contributed by atoms with Crippen molar-refractivity contribution < 1.29 is 14.6 Å². The van der Waals surface area contributed by atoms with Crippen LogP contribution in [-0.2, 0) is 0 Å². The highest BCUT2D eigenvalue weighted by atomic mass is 35.5. The molecular weight excluding hydrogens is 304 g/mol. The van der Waals surface area contributed by atoms with Crippen molar-refractivity contribution in [1.82, 2.24) is 0 Å². The monoisotopic (exact) mass is 320 g/mol. The molecule has 0 heterocycles. The Morgan fingerprint density at radius 1 is 1.23 bits per heavy atom. The van der Waals surface area contributed by atoms with Gasteiger partial charge in [-0.1, -0.05) is 12.1 Å². The van der Waals surface area contributed by atoms with Crippen molar-refractivity contribution >= 4 is 23.2 Å². The maximum Gasteiger partial charge on any atom is 0.248 e. The van der Waals surface area contributed by atoms with Crippen molar-refractivity contribution in [3.63, 3.8) is 0 Å². The van der Waals surface area contributed by atoms with Crippen LogP contribution in [0.15, 0.2) is 48.5 Å². The molecule has 1 atom stereocenters. The Morgan fingerprint density at radius 2 is 1.91 bits per heavy atom. The first-order valence-electron chi connectivity index (χ1n) is 6.75. The number of hydrogen-bond donors (Lipinski definition) is 3. The lowest BCUT2D eigenvalue weighted by Crippen LogP contribution is -2.20. The van der Waals surface area contributed by atoms with Gasteiger partial charge in [-0.15, -0.1) is 11.6 Å². The fourth-order valence-corrected chi connectivity index (χ4v) is 1.91. The van der Waals surface area contributed by atoms with E-state index in [0.717, 1.165) is 5.69 Å². The zero-order chi connectivity index (χ0) is 15.9. The molecule has 0 saturated carbocycles. The number of benzene rings is 2. The summed E-state index contributed by atoms with van der Waals surface area (Å²) in [4.78, 5) is 11.0. The highest BCUT2D eigenvalue weighted by molar-refractivity contribution is 6.18. The number of amides is 1. The predicted octanol–water partition coefficient (Wildman–Crippen LogP) is 2.59. The third-order valence-electron chi connectivity index (χ3n) is 2.96. The molecule has 22 heavy (non-hydrogen) atoms. The van der Waals surface area contributed by atoms with Gasteiger partial charge >= 0.3 is 0 Å². The molecule has 0 bridgehead atoms. The number of aliphatic hydroxyl groups excluding tert-OH is 1. The quantitative estimate of drug-likeness (QED) is 0.685. The van der Waals surface area contributed by atoms with Crippen molar-refractivity contribution in [2.45, 2.75) is 6.10 Å². The number of carbonyl (C=O) groups excluding carboxylic acids is 1. The van der Waals surface area contributed by atoms with Gasteiger partial charge in [-0.25, -0.2) is 0 Å². The first kappa shape index (κ1) is 16.1. The number of alkyl halides is 1. The number of ether oxygens (including phenoxy) is 1. The van der Waals surface area contributed by atoms with Crippen LogP contribution in [-0.4, -0.2) is 29.5 Å². The van der Waals surface area contributed by atoms with Gasteiger partial charge in [0.05, 0.1) is 17.7 Å². The van der Waals surface area contributed by atoms with Crippen molar-refractivity contribution in [3.8, 4) is 11.5 Å². The first-order chi connectivity index (χ1) is 10.6. The lowest BCUT2D eigenvalue weighted by Gasteiger charge is -2.14. The molecule has 2 rings (SSSR count). The first-order valence-corrected chi connectivity index (χ1v) is 7.28. The standard InChI is InChI=1S/C16H17ClN2O3/c17-9-12(20)10-19-14-3-1-2-4-15(14)22-13-7-5-11(6-8-13)16(18)21/h1-8,12,19-20H,9-10H2,(H2,18,21). The number of para-hydroxylation sites is 2. The van der Waals surface area contributed by atoms with E-state index in [1.54, 1.807) is 30.3 Å². The SMILES string of the molecule is NC(=O)c1ccc(Oc2ccccc2NCC(O)CCl)cc1. The molecule has 0 fully saturated rings. The molecule has 0 aliphatic rings. The summed E-state index contributed by atoms with van der Waals surface area (Å²) in [6.45, 7) is 0.324. The minimum Gasteiger partial charge on any atom is -0.455 e. The summed E-state index contributed by atoms with van der Waals surface area (Å²) < 4.78 is 5.78. The maximum atomic E-state index is 11.0. The lowest BCUT2D eigenvalue weighted by atomic mass is 10.2. The van der Waals surface area contributed by atoms with Crippen LogP contribution < -0.4 is 15.8 Å². The highest BCUT2D eigenvalue weighted by Crippen LogP contribution is 2.29. The number of carbonyl (C=O) groups is 1. The van der Waals surface area contributed by atoms with Crippen molar-refractivity contribution in [2.24, 2.45) is 5.73 Å². The smallest absolute Gasteiger partial charge is 0.248 e. The summed E-state index contributed by atoms with van der Waals surface area (Å²) in [6.07, 6.45) is -0.635. The topological polar surface area (TPSA) is 84.6 Å². The van der Waals surface area contributed by atoms with Gasteiger partial charge in [0.2, 0.25) is 5.91 Å². The van der Waals surface area contributed by atoms with Crippen LogP contribution in [0, 0.1) is 0 Å². The maximum absolute atomic E-state index is 11.0. The zero-order valence-corrected chi connectivity index (χ0v) is 12.6. The molecule has 0 aliphatic heterocycles. The van der Waals surface area contributed by atoms with Crippen LogP contribution >= 0.6 is 11.6 Å². The van der Waals surface area contributed by atoms with Gasteiger partial charge in [-0.3, -0.25) is 4.79 Å². The molecule has 0 spiro atoms.